The molecule has 7 heteroatoms. The maximum Gasteiger partial charge on any atom is 0.352 e. The number of carbonyl (C=O) groups excluding carboxylic acids is 1. The van der Waals surface area contributed by atoms with Gasteiger partial charge in [-0.25, -0.2) is 9.59 Å². The van der Waals surface area contributed by atoms with E-state index in [0.29, 0.717) is 16.4 Å². The summed E-state index contributed by atoms with van der Waals surface area (Å²) in [6.45, 7) is 0.675. The van der Waals surface area contributed by atoms with E-state index in [2.05, 4.69) is 9.72 Å². The molecule has 0 fully saturated rings. The van der Waals surface area contributed by atoms with Gasteiger partial charge in [0.1, 0.15) is 5.56 Å². The molecule has 3 rings (SSSR count). The second kappa shape index (κ2) is 6.21. The molecule has 0 unspecified atom stereocenters. The Labute approximate surface area is 135 Å². The summed E-state index contributed by atoms with van der Waals surface area (Å²) < 4.78 is 10.3. The highest BCUT2D eigenvalue weighted by molar-refractivity contribution is 7.22. The fourth-order valence-corrected chi connectivity index (χ4v) is 3.04. The lowest BCUT2D eigenvalue weighted by molar-refractivity contribution is 0.0596. The highest BCUT2D eigenvalue weighted by atomic mass is 32.1. The highest BCUT2D eigenvalue weighted by Gasteiger charge is 2.17. The van der Waals surface area contributed by atoms with Gasteiger partial charge in [0.15, 0.2) is 5.13 Å². The van der Waals surface area contributed by atoms with Gasteiger partial charge in [-0.05, 0) is 11.6 Å². The van der Waals surface area contributed by atoms with Crippen LogP contribution in [0.25, 0.3) is 10.4 Å². The second-order valence-corrected chi connectivity index (χ2v) is 5.96. The van der Waals surface area contributed by atoms with E-state index in [1.54, 1.807) is 0 Å². The van der Waals surface area contributed by atoms with Crippen LogP contribution in [0.5, 0.6) is 0 Å². The molecule has 0 bridgehead atoms. The zero-order valence-corrected chi connectivity index (χ0v) is 13.4. The van der Waals surface area contributed by atoms with E-state index in [1.807, 2.05) is 42.3 Å². The number of methoxy groups -OCH3 is 1. The van der Waals surface area contributed by atoms with E-state index in [9.17, 15) is 9.59 Å². The molecular weight excluding hydrogens is 316 g/mol. The van der Waals surface area contributed by atoms with E-state index in [0.717, 1.165) is 5.56 Å². The molecule has 1 aromatic carbocycles. The van der Waals surface area contributed by atoms with Crippen LogP contribution in [-0.2, 0) is 11.3 Å². The molecule has 0 saturated heterocycles. The molecule has 0 aliphatic heterocycles. The minimum Gasteiger partial charge on any atom is -0.465 e. The number of aromatic nitrogens is 1. The third-order valence-electron chi connectivity index (χ3n) is 3.29. The zero-order chi connectivity index (χ0) is 16.4. The van der Waals surface area contributed by atoms with Crippen LogP contribution >= 0.6 is 11.3 Å². The molecule has 2 aromatic heterocycles. The van der Waals surface area contributed by atoms with E-state index in [-0.39, 0.29) is 11.3 Å². The van der Waals surface area contributed by atoms with Gasteiger partial charge in [0.2, 0.25) is 5.71 Å². The highest BCUT2D eigenvalue weighted by Crippen LogP contribution is 2.28. The van der Waals surface area contributed by atoms with Crippen molar-refractivity contribution in [3.05, 3.63) is 57.9 Å². The fraction of sp³-hybridized carbons (Fsp3) is 0.188. The molecular formula is C16H14N2O4S. The maximum atomic E-state index is 11.8. The van der Waals surface area contributed by atoms with Crippen LogP contribution in [0, 0.1) is 0 Å². The Morgan fingerprint density at radius 2 is 2.09 bits per heavy atom. The summed E-state index contributed by atoms with van der Waals surface area (Å²) in [6.07, 6.45) is 0. The minimum atomic E-state index is -0.744. The number of hydrogen-bond acceptors (Lipinski definition) is 7. The number of fused-ring (bicyclic) bond motifs is 1. The van der Waals surface area contributed by atoms with Crippen molar-refractivity contribution < 1.29 is 13.9 Å². The summed E-state index contributed by atoms with van der Waals surface area (Å²) >= 11 is 1.35. The van der Waals surface area contributed by atoms with E-state index >= 15 is 0 Å². The van der Waals surface area contributed by atoms with Gasteiger partial charge in [-0.3, -0.25) is 0 Å². The lowest BCUT2D eigenvalue weighted by Gasteiger charge is -2.15. The number of esters is 1. The molecule has 6 nitrogen and oxygen atoms in total. The molecule has 0 spiro atoms. The lowest BCUT2D eigenvalue weighted by atomic mass is 10.2. The van der Waals surface area contributed by atoms with Crippen molar-refractivity contribution in [2.24, 2.45) is 0 Å². The van der Waals surface area contributed by atoms with Gasteiger partial charge in [-0.2, -0.15) is 4.98 Å². The Bertz CT molecular complexity index is 901. The number of rotatable bonds is 4. The Morgan fingerprint density at radius 1 is 1.35 bits per heavy atom. The summed E-state index contributed by atoms with van der Waals surface area (Å²) in [5.74, 6) is -0.715. The maximum absolute atomic E-state index is 11.8. The van der Waals surface area contributed by atoms with Crippen LogP contribution < -0.4 is 10.5 Å². The average molecular weight is 330 g/mol. The number of nitrogens with zero attached hydrogens (tertiary/aromatic N) is 2. The van der Waals surface area contributed by atoms with Crippen molar-refractivity contribution in [1.82, 2.24) is 4.98 Å². The van der Waals surface area contributed by atoms with Crippen LogP contribution in [0.1, 0.15) is 15.9 Å². The predicted octanol–water partition coefficient (Wildman–Crippen LogP) is 2.67. The molecule has 0 aliphatic carbocycles. The van der Waals surface area contributed by atoms with Crippen molar-refractivity contribution in [3.8, 4) is 0 Å². The normalized spacial score (nSPS) is 10.7. The smallest absolute Gasteiger partial charge is 0.352 e. The summed E-state index contributed by atoms with van der Waals surface area (Å²) in [7, 11) is 3.13. The summed E-state index contributed by atoms with van der Waals surface area (Å²) in [5, 5.41) is 0.703. The molecule has 23 heavy (non-hydrogen) atoms. The van der Waals surface area contributed by atoms with Crippen molar-refractivity contribution in [3.63, 3.8) is 0 Å². The topological polar surface area (TPSA) is 72.6 Å². The van der Waals surface area contributed by atoms with Gasteiger partial charge in [0.25, 0.3) is 0 Å². The minimum absolute atomic E-state index is 0.124. The van der Waals surface area contributed by atoms with E-state index in [4.69, 9.17) is 4.42 Å². The first kappa shape index (κ1) is 15.2. The Balaban J connectivity index is 1.93. The number of anilines is 1. The third-order valence-corrected chi connectivity index (χ3v) is 4.39. The second-order valence-electron chi connectivity index (χ2n) is 4.95. The quantitative estimate of drug-likeness (QED) is 0.685. The van der Waals surface area contributed by atoms with Crippen LogP contribution in [0.3, 0.4) is 0 Å². The third kappa shape index (κ3) is 3.09. The largest absolute Gasteiger partial charge is 0.465 e. The molecule has 0 N–H and O–H groups in total. The molecule has 0 radical (unpaired) electrons. The van der Waals surface area contributed by atoms with Gasteiger partial charge < -0.3 is 14.1 Å². The molecule has 0 aliphatic rings. The number of benzene rings is 1. The summed E-state index contributed by atoms with van der Waals surface area (Å²) in [4.78, 5) is 29.6. The monoisotopic (exact) mass is 330 g/mol. The average Bonchev–Trinajstić information content (AvgIpc) is 2.97. The zero-order valence-electron chi connectivity index (χ0n) is 12.6. The Hall–Kier alpha value is -2.67. The van der Waals surface area contributed by atoms with Gasteiger partial charge in [-0.1, -0.05) is 41.7 Å². The Morgan fingerprint density at radius 3 is 2.78 bits per heavy atom. The lowest BCUT2D eigenvalue weighted by Crippen LogP contribution is -2.16. The first-order valence-electron chi connectivity index (χ1n) is 6.86. The van der Waals surface area contributed by atoms with E-state index < -0.39 is 11.6 Å². The summed E-state index contributed by atoms with van der Waals surface area (Å²) in [6, 6.07) is 11.4. The number of thiazole rings is 1. The molecule has 0 amide bonds. The predicted molar refractivity (Wildman–Crippen MR) is 88.0 cm³/mol. The first-order valence-corrected chi connectivity index (χ1v) is 7.68. The SMILES string of the molecule is COC(=O)c1cc2sc(N(C)Cc3ccccc3)nc2oc1=O. The van der Waals surface area contributed by atoms with Crippen molar-refractivity contribution >= 4 is 32.9 Å². The summed E-state index contributed by atoms with van der Waals surface area (Å²) in [5.41, 5.74) is 0.501. The van der Waals surface area contributed by atoms with Gasteiger partial charge >= 0.3 is 11.6 Å². The standard InChI is InChI=1S/C16H14N2O4S/c1-18(9-10-6-4-3-5-7-10)16-17-13-12(23-16)8-11(14(19)21-2)15(20)22-13/h3-8H,9H2,1-2H3. The van der Waals surface area contributed by atoms with E-state index in [1.165, 1.54) is 24.5 Å². The molecule has 3 aromatic rings. The van der Waals surface area contributed by atoms with Crippen LogP contribution in [-0.4, -0.2) is 25.1 Å². The number of hydrogen-bond donors (Lipinski definition) is 0. The Kier molecular flexibility index (Phi) is 4.12. The number of carbonyl (C=O) groups is 1. The van der Waals surface area contributed by atoms with Gasteiger partial charge in [0, 0.05) is 13.6 Å². The van der Waals surface area contributed by atoms with Crippen LogP contribution in [0.4, 0.5) is 5.13 Å². The van der Waals surface area contributed by atoms with Gasteiger partial charge in [0.05, 0.1) is 11.8 Å². The molecule has 2 heterocycles. The van der Waals surface area contributed by atoms with Crippen molar-refractivity contribution in [2.75, 3.05) is 19.1 Å². The first-order chi connectivity index (χ1) is 11.1. The molecule has 0 atom stereocenters. The molecule has 118 valence electrons. The van der Waals surface area contributed by atoms with Crippen molar-refractivity contribution in [2.45, 2.75) is 6.54 Å². The van der Waals surface area contributed by atoms with Gasteiger partial charge in [-0.15, -0.1) is 0 Å². The van der Waals surface area contributed by atoms with Crippen molar-refractivity contribution in [1.29, 1.82) is 0 Å². The van der Waals surface area contributed by atoms with Crippen LogP contribution in [0.15, 0.2) is 45.6 Å². The van der Waals surface area contributed by atoms with Crippen LogP contribution in [0.2, 0.25) is 0 Å². The fourth-order valence-electron chi connectivity index (χ4n) is 2.14. The number of ether oxygens (including phenoxy) is 1. The molecule has 0 saturated carbocycles.